The van der Waals surface area contributed by atoms with Gasteiger partial charge in [-0.1, -0.05) is 129 Å². The van der Waals surface area contributed by atoms with Gasteiger partial charge in [-0.2, -0.15) is 0 Å². The van der Waals surface area contributed by atoms with E-state index in [2.05, 4.69) is 91.2 Å². The third-order valence-electron chi connectivity index (χ3n) is 9.52. The zero-order chi connectivity index (χ0) is 31.7. The van der Waals surface area contributed by atoms with Gasteiger partial charge in [0.1, 0.15) is 0 Å². The molecule has 5 heteroatoms. The zero-order valence-corrected chi connectivity index (χ0v) is 26.7. The summed E-state index contributed by atoms with van der Waals surface area (Å²) in [6.07, 6.45) is 0. The topological polar surface area (TPSA) is 43.6 Å². The highest BCUT2D eigenvalue weighted by Gasteiger charge is 2.36. The third kappa shape index (κ3) is 4.33. The van der Waals surface area contributed by atoms with Crippen LogP contribution in [0.1, 0.15) is 25.0 Å². The van der Waals surface area contributed by atoms with Crippen molar-refractivity contribution in [1.82, 2.24) is 19.5 Å². The molecule has 47 heavy (non-hydrogen) atoms. The minimum atomic E-state index is -0.112. The molecule has 0 fully saturated rings. The molecular formula is C42H29ClN4. The molecule has 0 atom stereocenters. The van der Waals surface area contributed by atoms with Gasteiger partial charge in [-0.25, -0.2) is 15.0 Å². The van der Waals surface area contributed by atoms with Gasteiger partial charge in [-0.05, 0) is 58.7 Å². The van der Waals surface area contributed by atoms with E-state index in [1.807, 2.05) is 66.7 Å². The molecule has 2 aromatic heterocycles. The van der Waals surface area contributed by atoms with Crippen molar-refractivity contribution in [2.24, 2.45) is 0 Å². The summed E-state index contributed by atoms with van der Waals surface area (Å²) in [6, 6.07) is 48.4. The molecule has 224 valence electrons. The Balaban J connectivity index is 1.28. The van der Waals surface area contributed by atoms with Crippen LogP contribution >= 0.6 is 11.6 Å². The predicted molar refractivity (Wildman–Crippen MR) is 193 cm³/mol. The smallest absolute Gasteiger partial charge is 0.165 e. The third-order valence-corrected chi connectivity index (χ3v) is 9.85. The molecular weight excluding hydrogens is 596 g/mol. The Labute approximate surface area is 278 Å². The van der Waals surface area contributed by atoms with E-state index in [0.717, 1.165) is 33.4 Å². The second kappa shape index (κ2) is 10.5. The molecule has 0 amide bonds. The van der Waals surface area contributed by atoms with E-state index in [1.54, 1.807) is 0 Å². The van der Waals surface area contributed by atoms with Gasteiger partial charge in [0.15, 0.2) is 17.5 Å². The summed E-state index contributed by atoms with van der Waals surface area (Å²) in [5.74, 6) is 1.73. The van der Waals surface area contributed by atoms with Crippen LogP contribution < -0.4 is 0 Å². The van der Waals surface area contributed by atoms with Gasteiger partial charge in [-0.15, -0.1) is 0 Å². The Kier molecular flexibility index (Phi) is 6.18. The van der Waals surface area contributed by atoms with Crippen molar-refractivity contribution in [3.05, 3.63) is 156 Å². The summed E-state index contributed by atoms with van der Waals surface area (Å²) in [5, 5.41) is 3.01. The number of hydrogen-bond donors (Lipinski definition) is 0. The Bertz CT molecular complexity index is 2440. The Morgan fingerprint density at radius 1 is 0.489 bits per heavy atom. The first kappa shape index (κ1) is 27.7. The van der Waals surface area contributed by atoms with Gasteiger partial charge in [0.25, 0.3) is 0 Å². The predicted octanol–water partition coefficient (Wildman–Crippen LogP) is 10.9. The Morgan fingerprint density at radius 2 is 1.11 bits per heavy atom. The number of aromatic nitrogens is 4. The van der Waals surface area contributed by atoms with Crippen LogP contribution in [-0.4, -0.2) is 19.5 Å². The molecule has 0 aliphatic heterocycles. The van der Waals surface area contributed by atoms with Crippen LogP contribution in [0.3, 0.4) is 0 Å². The van der Waals surface area contributed by atoms with Gasteiger partial charge < -0.3 is 4.57 Å². The number of benzene rings is 6. The van der Waals surface area contributed by atoms with Crippen LogP contribution in [0.2, 0.25) is 5.02 Å². The largest absolute Gasteiger partial charge is 0.309 e. The standard InChI is InChI=1S/C42H29ClN4/c1-42(2)34-19-11-9-17-29(34)31-24-32-30-18-10-12-20-37(30)47(38(32)25-35(31)42)28-21-22-36(43)33(23-28)41-45-39(26-13-5-3-6-14-26)44-40(46-41)27-15-7-4-8-16-27/h3-25H,1-2H3. The minimum Gasteiger partial charge on any atom is -0.309 e. The SMILES string of the molecule is CC1(C)c2ccccc2-c2cc3c4ccccc4n(-c4ccc(Cl)c(-c5nc(-c6ccccc6)nc(-c6ccccc6)n5)c4)c3cc21. The molecule has 0 radical (unpaired) electrons. The van der Waals surface area contributed by atoms with Crippen LogP contribution in [0.25, 0.3) is 72.8 Å². The average molecular weight is 625 g/mol. The van der Waals surface area contributed by atoms with E-state index >= 15 is 0 Å². The van der Waals surface area contributed by atoms with Crippen LogP contribution in [0, 0.1) is 0 Å². The maximum absolute atomic E-state index is 6.98. The van der Waals surface area contributed by atoms with E-state index in [9.17, 15) is 0 Å². The van der Waals surface area contributed by atoms with Crippen molar-refractivity contribution in [3.8, 4) is 51.0 Å². The van der Waals surface area contributed by atoms with Crippen LogP contribution in [0.5, 0.6) is 0 Å². The molecule has 6 aromatic carbocycles. The molecule has 9 rings (SSSR count). The fourth-order valence-electron chi connectivity index (χ4n) is 7.19. The lowest BCUT2D eigenvalue weighted by molar-refractivity contribution is 0.661. The molecule has 0 unspecified atom stereocenters. The van der Waals surface area contributed by atoms with Gasteiger partial charge in [0, 0.05) is 38.6 Å². The average Bonchev–Trinajstić information content (AvgIpc) is 3.56. The highest BCUT2D eigenvalue weighted by Crippen LogP contribution is 2.51. The minimum absolute atomic E-state index is 0.112. The molecule has 8 aromatic rings. The number of para-hydroxylation sites is 1. The molecule has 2 heterocycles. The lowest BCUT2D eigenvalue weighted by Crippen LogP contribution is -2.14. The fraction of sp³-hybridized carbons (Fsp3) is 0.0714. The second-order valence-electron chi connectivity index (χ2n) is 12.6. The lowest BCUT2D eigenvalue weighted by atomic mass is 9.82. The highest BCUT2D eigenvalue weighted by molar-refractivity contribution is 6.33. The van der Waals surface area contributed by atoms with Gasteiger partial charge in [0.2, 0.25) is 0 Å². The Hall–Kier alpha value is -5.58. The van der Waals surface area contributed by atoms with Crippen molar-refractivity contribution in [2.45, 2.75) is 19.3 Å². The molecule has 0 N–H and O–H groups in total. The fourth-order valence-corrected chi connectivity index (χ4v) is 7.40. The molecule has 4 nitrogen and oxygen atoms in total. The van der Waals surface area contributed by atoms with Gasteiger partial charge in [-0.3, -0.25) is 0 Å². The van der Waals surface area contributed by atoms with Crippen molar-refractivity contribution >= 4 is 33.4 Å². The van der Waals surface area contributed by atoms with E-state index in [1.165, 1.54) is 33.0 Å². The second-order valence-corrected chi connectivity index (χ2v) is 13.0. The van der Waals surface area contributed by atoms with E-state index < -0.39 is 0 Å². The number of nitrogens with zero attached hydrogens (tertiary/aromatic N) is 4. The van der Waals surface area contributed by atoms with Crippen molar-refractivity contribution in [2.75, 3.05) is 0 Å². The van der Waals surface area contributed by atoms with E-state index in [4.69, 9.17) is 26.6 Å². The molecule has 0 saturated carbocycles. The van der Waals surface area contributed by atoms with Crippen molar-refractivity contribution in [3.63, 3.8) is 0 Å². The van der Waals surface area contributed by atoms with Crippen LogP contribution in [0.4, 0.5) is 0 Å². The molecule has 0 saturated heterocycles. The summed E-state index contributed by atoms with van der Waals surface area (Å²) < 4.78 is 2.35. The van der Waals surface area contributed by atoms with Gasteiger partial charge >= 0.3 is 0 Å². The summed E-state index contributed by atoms with van der Waals surface area (Å²) >= 11 is 6.98. The highest BCUT2D eigenvalue weighted by atomic mass is 35.5. The van der Waals surface area contributed by atoms with E-state index in [0.29, 0.717) is 22.5 Å². The normalized spacial score (nSPS) is 13.2. The maximum atomic E-state index is 6.98. The number of hydrogen-bond acceptors (Lipinski definition) is 3. The Morgan fingerprint density at radius 3 is 1.83 bits per heavy atom. The summed E-state index contributed by atoms with van der Waals surface area (Å²) in [4.78, 5) is 14.8. The monoisotopic (exact) mass is 624 g/mol. The number of halogens is 1. The van der Waals surface area contributed by atoms with Crippen LogP contribution in [0.15, 0.2) is 140 Å². The molecule has 1 aliphatic carbocycles. The summed E-state index contributed by atoms with van der Waals surface area (Å²) in [6.45, 7) is 4.65. The maximum Gasteiger partial charge on any atom is 0.165 e. The summed E-state index contributed by atoms with van der Waals surface area (Å²) in [7, 11) is 0. The quantitative estimate of drug-likeness (QED) is 0.196. The first-order chi connectivity index (χ1) is 23.0. The zero-order valence-electron chi connectivity index (χ0n) is 25.9. The van der Waals surface area contributed by atoms with Crippen molar-refractivity contribution in [1.29, 1.82) is 0 Å². The number of fused-ring (bicyclic) bond motifs is 6. The van der Waals surface area contributed by atoms with E-state index in [-0.39, 0.29) is 5.41 Å². The van der Waals surface area contributed by atoms with Crippen LogP contribution in [-0.2, 0) is 5.41 Å². The van der Waals surface area contributed by atoms with Crippen molar-refractivity contribution < 1.29 is 0 Å². The lowest BCUT2D eigenvalue weighted by Gasteiger charge is -2.21. The molecule has 1 aliphatic rings. The van der Waals surface area contributed by atoms with Gasteiger partial charge in [0.05, 0.1) is 16.1 Å². The number of rotatable bonds is 4. The first-order valence-corrected chi connectivity index (χ1v) is 16.2. The first-order valence-electron chi connectivity index (χ1n) is 15.8. The molecule has 0 spiro atoms. The molecule has 0 bridgehead atoms. The summed E-state index contributed by atoms with van der Waals surface area (Å²) in [5.41, 5.74) is 11.1.